The first kappa shape index (κ1) is 12.7. The van der Waals surface area contributed by atoms with E-state index in [0.29, 0.717) is 11.4 Å². The number of anilines is 1. The maximum atomic E-state index is 13.1. The molecule has 0 radical (unpaired) electrons. The predicted molar refractivity (Wildman–Crippen MR) is 59.3 cm³/mol. The average molecular weight is 229 g/mol. The molecule has 0 heterocycles. The van der Waals surface area contributed by atoms with E-state index in [1.165, 1.54) is 25.3 Å². The van der Waals surface area contributed by atoms with Gasteiger partial charge < -0.3 is 19.8 Å². The molecule has 2 N–H and O–H groups in total. The van der Waals surface area contributed by atoms with Gasteiger partial charge in [-0.05, 0) is 12.1 Å². The largest absolute Gasteiger partial charge is 0.495 e. The fraction of sp³-hybridized carbons (Fsp3) is 0.455. The number of nitrogens with zero attached hydrogens (tertiary/aromatic N) is 1. The Labute approximate surface area is 93.9 Å². The average Bonchev–Trinajstić information content (AvgIpc) is 2.28. The molecule has 5 heteroatoms. The Bertz CT molecular complexity index is 346. The van der Waals surface area contributed by atoms with Crippen LogP contribution in [0.4, 0.5) is 10.1 Å². The van der Waals surface area contributed by atoms with Gasteiger partial charge in [0.05, 0.1) is 25.5 Å². The van der Waals surface area contributed by atoms with Crippen LogP contribution in [-0.4, -0.2) is 43.6 Å². The van der Waals surface area contributed by atoms with Crippen LogP contribution in [-0.2, 0) is 0 Å². The Morgan fingerprint density at radius 3 is 2.75 bits per heavy atom. The minimum atomic E-state index is -0.863. The highest BCUT2D eigenvalue weighted by Gasteiger charge is 2.12. The Morgan fingerprint density at radius 1 is 1.50 bits per heavy atom. The van der Waals surface area contributed by atoms with Crippen molar-refractivity contribution in [3.63, 3.8) is 0 Å². The Morgan fingerprint density at radius 2 is 2.19 bits per heavy atom. The lowest BCUT2D eigenvalue weighted by Gasteiger charge is -2.23. The summed E-state index contributed by atoms with van der Waals surface area (Å²) in [5.41, 5.74) is 0.537. The van der Waals surface area contributed by atoms with E-state index in [4.69, 9.17) is 9.84 Å². The number of hydrogen-bond donors (Lipinski definition) is 2. The number of likely N-dealkylation sites (N-methyl/N-ethyl adjacent to an activating group) is 1. The first-order valence-electron chi connectivity index (χ1n) is 4.92. The van der Waals surface area contributed by atoms with E-state index in [1.807, 2.05) is 0 Å². The molecule has 0 aliphatic rings. The molecule has 0 aliphatic heterocycles. The number of methoxy groups -OCH3 is 1. The lowest BCUT2D eigenvalue weighted by molar-refractivity contribution is 0.101. The van der Waals surface area contributed by atoms with Gasteiger partial charge in [0.1, 0.15) is 11.6 Å². The number of halogens is 1. The highest BCUT2D eigenvalue weighted by Crippen LogP contribution is 2.27. The predicted octanol–water partition coefficient (Wildman–Crippen LogP) is 0.624. The van der Waals surface area contributed by atoms with Gasteiger partial charge in [-0.15, -0.1) is 0 Å². The molecule has 0 saturated carbocycles. The van der Waals surface area contributed by atoms with E-state index >= 15 is 0 Å². The zero-order chi connectivity index (χ0) is 12.1. The normalized spacial score (nSPS) is 12.3. The van der Waals surface area contributed by atoms with E-state index in [0.717, 1.165) is 0 Å². The van der Waals surface area contributed by atoms with Gasteiger partial charge in [-0.2, -0.15) is 0 Å². The van der Waals surface area contributed by atoms with Crippen molar-refractivity contribution in [2.45, 2.75) is 6.10 Å². The van der Waals surface area contributed by atoms with Crippen LogP contribution in [0.5, 0.6) is 5.75 Å². The highest BCUT2D eigenvalue weighted by molar-refractivity contribution is 5.58. The van der Waals surface area contributed by atoms with Crippen molar-refractivity contribution < 1.29 is 19.3 Å². The lowest BCUT2D eigenvalue weighted by atomic mass is 10.2. The molecule has 0 bridgehead atoms. The monoisotopic (exact) mass is 229 g/mol. The second-order valence-corrected chi connectivity index (χ2v) is 3.53. The number of rotatable bonds is 5. The smallest absolute Gasteiger partial charge is 0.142 e. The summed E-state index contributed by atoms with van der Waals surface area (Å²) < 4.78 is 18.2. The summed E-state index contributed by atoms with van der Waals surface area (Å²) in [5, 5.41) is 18.0. The van der Waals surface area contributed by atoms with E-state index < -0.39 is 6.10 Å². The number of aliphatic hydroxyl groups is 2. The summed E-state index contributed by atoms with van der Waals surface area (Å²) >= 11 is 0. The topological polar surface area (TPSA) is 52.9 Å². The van der Waals surface area contributed by atoms with Crippen LogP contribution in [0.1, 0.15) is 0 Å². The molecule has 0 aromatic heterocycles. The van der Waals surface area contributed by atoms with E-state index in [1.54, 1.807) is 11.9 Å². The van der Waals surface area contributed by atoms with Crippen molar-refractivity contribution in [3.05, 3.63) is 24.0 Å². The van der Waals surface area contributed by atoms with Crippen molar-refractivity contribution in [3.8, 4) is 5.75 Å². The first-order chi connectivity index (χ1) is 7.58. The third-order valence-corrected chi connectivity index (χ3v) is 2.25. The van der Waals surface area contributed by atoms with Crippen LogP contribution in [0.25, 0.3) is 0 Å². The third-order valence-electron chi connectivity index (χ3n) is 2.25. The molecule has 1 atom stereocenters. The van der Waals surface area contributed by atoms with Crippen molar-refractivity contribution in [1.82, 2.24) is 0 Å². The van der Waals surface area contributed by atoms with Crippen LogP contribution >= 0.6 is 0 Å². The van der Waals surface area contributed by atoms with Gasteiger partial charge >= 0.3 is 0 Å². The molecule has 16 heavy (non-hydrogen) atoms. The Hall–Kier alpha value is -1.33. The van der Waals surface area contributed by atoms with E-state index in [-0.39, 0.29) is 19.0 Å². The molecule has 0 saturated heterocycles. The van der Waals surface area contributed by atoms with Gasteiger partial charge in [0.2, 0.25) is 0 Å². The third kappa shape index (κ3) is 3.08. The second-order valence-electron chi connectivity index (χ2n) is 3.53. The lowest BCUT2D eigenvalue weighted by Crippen LogP contribution is -2.31. The number of aliphatic hydroxyl groups excluding tert-OH is 2. The fourth-order valence-corrected chi connectivity index (χ4v) is 1.43. The zero-order valence-corrected chi connectivity index (χ0v) is 9.35. The maximum absolute atomic E-state index is 13.1. The number of ether oxygens (including phenoxy) is 1. The summed E-state index contributed by atoms with van der Waals surface area (Å²) in [6.07, 6.45) is -0.863. The van der Waals surface area contributed by atoms with Gasteiger partial charge in [0.25, 0.3) is 0 Å². The summed E-state index contributed by atoms with van der Waals surface area (Å²) in [6, 6.07) is 4.15. The van der Waals surface area contributed by atoms with Crippen molar-refractivity contribution >= 4 is 5.69 Å². The fourth-order valence-electron chi connectivity index (χ4n) is 1.43. The standard InChI is InChI=1S/C11H16FNO3/c1-13(6-9(15)7-14)10-5-8(12)3-4-11(10)16-2/h3-5,9,14-15H,6-7H2,1-2H3. The SMILES string of the molecule is COc1ccc(F)cc1N(C)CC(O)CO. The number of hydrogen-bond acceptors (Lipinski definition) is 4. The van der Waals surface area contributed by atoms with Crippen molar-refractivity contribution in [2.24, 2.45) is 0 Å². The summed E-state index contributed by atoms with van der Waals surface area (Å²) in [4.78, 5) is 1.63. The molecule has 1 aromatic rings. The van der Waals surface area contributed by atoms with Gasteiger partial charge in [0, 0.05) is 19.7 Å². The minimum Gasteiger partial charge on any atom is -0.495 e. The van der Waals surface area contributed by atoms with Crippen LogP contribution in [0.2, 0.25) is 0 Å². The van der Waals surface area contributed by atoms with Crippen LogP contribution < -0.4 is 9.64 Å². The molecule has 0 amide bonds. The summed E-state index contributed by atoms with van der Waals surface area (Å²) in [6.45, 7) is -0.127. The molecule has 0 fully saturated rings. The van der Waals surface area contributed by atoms with Crippen LogP contribution in [0, 0.1) is 5.82 Å². The Kier molecular flexibility index (Phi) is 4.52. The number of benzene rings is 1. The van der Waals surface area contributed by atoms with Gasteiger partial charge in [-0.3, -0.25) is 0 Å². The van der Waals surface area contributed by atoms with E-state index in [2.05, 4.69) is 0 Å². The van der Waals surface area contributed by atoms with Gasteiger partial charge in [-0.1, -0.05) is 0 Å². The molecular formula is C11H16FNO3. The Balaban J connectivity index is 2.88. The van der Waals surface area contributed by atoms with Crippen molar-refractivity contribution in [1.29, 1.82) is 0 Å². The van der Waals surface area contributed by atoms with Gasteiger partial charge in [-0.25, -0.2) is 4.39 Å². The molecule has 1 rings (SSSR count). The molecule has 4 nitrogen and oxygen atoms in total. The molecule has 0 spiro atoms. The second kappa shape index (κ2) is 5.67. The minimum absolute atomic E-state index is 0.205. The maximum Gasteiger partial charge on any atom is 0.142 e. The van der Waals surface area contributed by atoms with Crippen LogP contribution in [0.3, 0.4) is 0 Å². The van der Waals surface area contributed by atoms with Gasteiger partial charge in [0.15, 0.2) is 0 Å². The zero-order valence-electron chi connectivity index (χ0n) is 9.35. The molecule has 0 aliphatic carbocycles. The first-order valence-corrected chi connectivity index (χ1v) is 4.92. The molecular weight excluding hydrogens is 213 g/mol. The van der Waals surface area contributed by atoms with E-state index in [9.17, 15) is 9.50 Å². The highest BCUT2D eigenvalue weighted by atomic mass is 19.1. The quantitative estimate of drug-likeness (QED) is 0.777. The molecule has 1 unspecified atom stereocenters. The summed E-state index contributed by atoms with van der Waals surface area (Å²) in [5.74, 6) is 0.148. The molecule has 90 valence electrons. The summed E-state index contributed by atoms with van der Waals surface area (Å²) in [7, 11) is 3.18. The molecule has 1 aromatic carbocycles. The van der Waals surface area contributed by atoms with Crippen molar-refractivity contribution in [2.75, 3.05) is 32.2 Å². The van der Waals surface area contributed by atoms with Crippen LogP contribution in [0.15, 0.2) is 18.2 Å².